The summed E-state index contributed by atoms with van der Waals surface area (Å²) in [5.74, 6) is -0.744. The van der Waals surface area contributed by atoms with Gasteiger partial charge in [0.1, 0.15) is 5.71 Å². The molecule has 0 unspecified atom stereocenters. The molecule has 2 amide bonds. The Kier molecular flexibility index (Phi) is 3.75. The average Bonchev–Trinajstić information content (AvgIpc) is 3.01. The van der Waals surface area contributed by atoms with Gasteiger partial charge in [0, 0.05) is 44.7 Å². The number of aromatic amines is 1. The van der Waals surface area contributed by atoms with Crippen molar-refractivity contribution in [3.63, 3.8) is 0 Å². The Morgan fingerprint density at radius 3 is 2.64 bits per heavy atom. The monoisotopic (exact) mass is 343 g/mol. The van der Waals surface area contributed by atoms with Crippen LogP contribution in [0.25, 0.3) is 11.1 Å². The predicted octanol–water partition coefficient (Wildman–Crippen LogP) is 0.0357. The highest BCUT2D eigenvalue weighted by Gasteiger charge is 2.27. The van der Waals surface area contributed by atoms with Crippen molar-refractivity contribution in [2.45, 2.75) is 12.8 Å². The molecular weight excluding hydrogens is 326 g/mol. The fourth-order valence-corrected chi connectivity index (χ4v) is 3.12. The number of H-pyrrole nitrogens is 1. The van der Waals surface area contributed by atoms with Crippen LogP contribution in [0.4, 0.5) is 5.69 Å². The van der Waals surface area contributed by atoms with E-state index in [9.17, 15) is 14.4 Å². The van der Waals surface area contributed by atoms with Gasteiger partial charge in [0.2, 0.25) is 5.91 Å². The third kappa shape index (κ3) is 3.00. The van der Waals surface area contributed by atoms with Crippen molar-refractivity contribution >= 4 is 34.3 Å². The van der Waals surface area contributed by atoms with Gasteiger partial charge in [0.25, 0.3) is 5.91 Å². The van der Waals surface area contributed by atoms with Gasteiger partial charge in [0.05, 0.1) is 5.52 Å². The maximum absolute atomic E-state index is 12.5. The zero-order valence-electron chi connectivity index (χ0n) is 13.4. The van der Waals surface area contributed by atoms with E-state index in [0.29, 0.717) is 55.8 Å². The molecular formula is C16H17N5O4. The predicted molar refractivity (Wildman–Crippen MR) is 90.4 cm³/mol. The fourth-order valence-electron chi connectivity index (χ4n) is 3.12. The lowest BCUT2D eigenvalue weighted by molar-refractivity contribution is -0.124. The van der Waals surface area contributed by atoms with Gasteiger partial charge < -0.3 is 14.2 Å². The van der Waals surface area contributed by atoms with Crippen LogP contribution in [0.15, 0.2) is 32.5 Å². The van der Waals surface area contributed by atoms with Crippen molar-refractivity contribution in [2.24, 2.45) is 5.10 Å². The van der Waals surface area contributed by atoms with Gasteiger partial charge in [-0.2, -0.15) is 5.10 Å². The lowest BCUT2D eigenvalue weighted by Gasteiger charge is -2.36. The van der Waals surface area contributed by atoms with Gasteiger partial charge in [-0.3, -0.25) is 14.6 Å². The summed E-state index contributed by atoms with van der Waals surface area (Å²) < 4.78 is 5.01. The molecule has 1 saturated heterocycles. The number of carbonyl (C=O) groups excluding carboxylic acids is 2. The second-order valence-electron chi connectivity index (χ2n) is 6.07. The van der Waals surface area contributed by atoms with Crippen LogP contribution in [0.3, 0.4) is 0 Å². The molecule has 2 aliphatic heterocycles. The number of rotatable bonds is 2. The summed E-state index contributed by atoms with van der Waals surface area (Å²) in [6, 6.07) is 5.54. The van der Waals surface area contributed by atoms with E-state index in [1.807, 2.05) is 12.1 Å². The summed E-state index contributed by atoms with van der Waals surface area (Å²) in [4.78, 5) is 41.4. The number of amides is 2. The van der Waals surface area contributed by atoms with E-state index < -0.39 is 5.76 Å². The van der Waals surface area contributed by atoms with E-state index in [1.54, 1.807) is 11.0 Å². The molecule has 9 nitrogen and oxygen atoms in total. The van der Waals surface area contributed by atoms with E-state index in [1.165, 1.54) is 0 Å². The fraction of sp³-hybridized carbons (Fsp3) is 0.375. The number of piperazine rings is 1. The third-order valence-corrected chi connectivity index (χ3v) is 4.49. The maximum Gasteiger partial charge on any atom is 0.417 e. The number of fused-ring (bicyclic) bond motifs is 1. The first-order valence-electron chi connectivity index (χ1n) is 8.13. The number of carbonyl (C=O) groups is 2. The first-order valence-corrected chi connectivity index (χ1v) is 8.13. The molecule has 0 saturated carbocycles. The molecule has 1 fully saturated rings. The Balaban J connectivity index is 1.42. The van der Waals surface area contributed by atoms with E-state index in [0.717, 1.165) is 5.69 Å². The number of benzene rings is 1. The molecule has 25 heavy (non-hydrogen) atoms. The van der Waals surface area contributed by atoms with Gasteiger partial charge in [-0.1, -0.05) is 0 Å². The van der Waals surface area contributed by atoms with Crippen LogP contribution < -0.4 is 16.1 Å². The molecule has 0 radical (unpaired) electrons. The Morgan fingerprint density at radius 2 is 1.92 bits per heavy atom. The molecule has 9 heteroatoms. The van der Waals surface area contributed by atoms with E-state index in [4.69, 9.17) is 4.42 Å². The topological polar surface area (TPSA) is 111 Å². The molecule has 0 bridgehead atoms. The number of hydrogen-bond acceptors (Lipinski definition) is 6. The number of oxazole rings is 1. The van der Waals surface area contributed by atoms with Crippen molar-refractivity contribution in [3.05, 3.63) is 28.7 Å². The zero-order chi connectivity index (χ0) is 17.4. The molecule has 3 heterocycles. The first kappa shape index (κ1) is 15.4. The van der Waals surface area contributed by atoms with Crippen LogP contribution in [0.5, 0.6) is 0 Å². The minimum atomic E-state index is -0.470. The molecule has 1 aromatic carbocycles. The summed E-state index contributed by atoms with van der Waals surface area (Å²) in [6.07, 6.45) is 0.683. The summed E-state index contributed by atoms with van der Waals surface area (Å²) in [6.45, 7) is 2.51. The maximum atomic E-state index is 12.5. The molecule has 1 aromatic heterocycles. The molecule has 2 aliphatic rings. The van der Waals surface area contributed by atoms with Crippen molar-refractivity contribution < 1.29 is 14.0 Å². The number of nitrogens with zero attached hydrogens (tertiary/aromatic N) is 3. The molecule has 2 N–H and O–H groups in total. The van der Waals surface area contributed by atoms with E-state index >= 15 is 0 Å². The summed E-state index contributed by atoms with van der Waals surface area (Å²) in [5, 5.41) is 3.87. The molecule has 0 atom stereocenters. The lowest BCUT2D eigenvalue weighted by Crippen LogP contribution is -2.51. The van der Waals surface area contributed by atoms with Gasteiger partial charge >= 0.3 is 5.76 Å². The molecule has 0 aliphatic carbocycles. The van der Waals surface area contributed by atoms with Crippen LogP contribution in [0.2, 0.25) is 0 Å². The second-order valence-corrected chi connectivity index (χ2v) is 6.07. The third-order valence-electron chi connectivity index (χ3n) is 4.49. The van der Waals surface area contributed by atoms with Crippen molar-refractivity contribution in [2.75, 3.05) is 31.1 Å². The normalized spacial score (nSPS) is 18.2. The van der Waals surface area contributed by atoms with Gasteiger partial charge in [-0.25, -0.2) is 10.2 Å². The number of hydrogen-bond donors (Lipinski definition) is 2. The standard InChI is InChI=1S/C16H17N5O4/c22-14-4-2-11(18-19-14)15(23)21-7-5-20(6-8-21)10-1-3-13-12(9-10)17-16(24)25-13/h1,3,9H,2,4-8H2,(H,17,24)(H,19,22). The van der Waals surface area contributed by atoms with Crippen molar-refractivity contribution in [1.82, 2.24) is 15.3 Å². The number of hydrazone groups is 1. The number of anilines is 1. The van der Waals surface area contributed by atoms with Gasteiger partial charge in [-0.15, -0.1) is 0 Å². The molecule has 2 aromatic rings. The highest BCUT2D eigenvalue weighted by Crippen LogP contribution is 2.21. The molecule has 130 valence electrons. The van der Waals surface area contributed by atoms with Gasteiger partial charge in [-0.05, 0) is 18.2 Å². The van der Waals surface area contributed by atoms with Gasteiger partial charge in [0.15, 0.2) is 5.58 Å². The van der Waals surface area contributed by atoms with Crippen LogP contribution in [0, 0.1) is 0 Å². The van der Waals surface area contributed by atoms with E-state index in [-0.39, 0.29) is 11.8 Å². The Hall–Kier alpha value is -3.10. The van der Waals surface area contributed by atoms with Crippen molar-refractivity contribution in [1.29, 1.82) is 0 Å². The van der Waals surface area contributed by atoms with E-state index in [2.05, 4.69) is 20.4 Å². The molecule has 4 rings (SSSR count). The minimum absolute atomic E-state index is 0.116. The van der Waals surface area contributed by atoms with Crippen LogP contribution in [-0.4, -0.2) is 53.6 Å². The summed E-state index contributed by atoms with van der Waals surface area (Å²) in [5.41, 5.74) is 4.93. The second kappa shape index (κ2) is 6.08. The largest absolute Gasteiger partial charge is 0.417 e. The Labute approximate surface area is 142 Å². The zero-order valence-corrected chi connectivity index (χ0v) is 13.4. The minimum Gasteiger partial charge on any atom is -0.408 e. The summed E-state index contributed by atoms with van der Waals surface area (Å²) >= 11 is 0. The van der Waals surface area contributed by atoms with Crippen LogP contribution in [0.1, 0.15) is 12.8 Å². The first-order chi connectivity index (χ1) is 12.1. The quantitative estimate of drug-likeness (QED) is 0.799. The van der Waals surface area contributed by atoms with Crippen LogP contribution >= 0.6 is 0 Å². The van der Waals surface area contributed by atoms with Crippen molar-refractivity contribution in [3.8, 4) is 0 Å². The highest BCUT2D eigenvalue weighted by atomic mass is 16.4. The van der Waals surface area contributed by atoms with Crippen LogP contribution in [-0.2, 0) is 9.59 Å². The Morgan fingerprint density at radius 1 is 1.12 bits per heavy atom. The Bertz CT molecular complexity index is 920. The molecule has 0 spiro atoms. The number of aromatic nitrogens is 1. The number of nitrogens with one attached hydrogen (secondary N) is 2. The summed E-state index contributed by atoms with van der Waals surface area (Å²) in [7, 11) is 0. The SMILES string of the molecule is O=C1CCC(C(=O)N2CCN(c3ccc4oc(=O)[nH]c4c3)CC2)=NN1. The smallest absolute Gasteiger partial charge is 0.408 e. The lowest BCUT2D eigenvalue weighted by atomic mass is 10.1. The average molecular weight is 343 g/mol. The highest BCUT2D eigenvalue weighted by molar-refractivity contribution is 6.39.